The third-order valence-electron chi connectivity index (χ3n) is 5.01. The molecule has 0 saturated carbocycles. The van der Waals surface area contributed by atoms with Crippen LogP contribution in [0.25, 0.3) is 10.8 Å². The van der Waals surface area contributed by atoms with Gasteiger partial charge in [0, 0.05) is 0 Å². The Morgan fingerprint density at radius 2 is 1.81 bits per heavy atom. The van der Waals surface area contributed by atoms with Crippen LogP contribution in [0, 0.1) is 0 Å². The molecule has 0 aliphatic carbocycles. The van der Waals surface area contributed by atoms with Crippen LogP contribution in [0.2, 0.25) is 0 Å². The van der Waals surface area contributed by atoms with Crippen LogP contribution < -0.4 is 5.32 Å². The number of carbonyl (C=O) groups is 1. The molecule has 1 atom stereocenters. The average molecular weight is 424 g/mol. The number of alkyl halides is 3. The van der Waals surface area contributed by atoms with Crippen LogP contribution >= 0.6 is 0 Å². The third-order valence-corrected chi connectivity index (χ3v) is 5.01. The van der Waals surface area contributed by atoms with E-state index in [1.807, 2.05) is 49.4 Å². The van der Waals surface area contributed by atoms with Gasteiger partial charge in [-0.15, -0.1) is 5.10 Å². The minimum atomic E-state index is -4.42. The Hall–Kier alpha value is -3.68. The third kappa shape index (κ3) is 4.58. The number of aromatic nitrogens is 3. The number of rotatable bonds is 5. The van der Waals surface area contributed by atoms with Crippen molar-refractivity contribution in [2.75, 3.05) is 0 Å². The molecule has 8 heteroatoms. The second kappa shape index (κ2) is 8.22. The van der Waals surface area contributed by atoms with E-state index in [0.717, 1.165) is 28.5 Å². The molecule has 0 unspecified atom stereocenters. The fourth-order valence-electron chi connectivity index (χ4n) is 3.49. The van der Waals surface area contributed by atoms with E-state index >= 15 is 0 Å². The summed E-state index contributed by atoms with van der Waals surface area (Å²) in [5, 5.41) is 12.8. The van der Waals surface area contributed by atoms with Crippen molar-refractivity contribution in [1.29, 1.82) is 0 Å². The van der Waals surface area contributed by atoms with E-state index in [1.165, 1.54) is 16.9 Å². The molecule has 3 aromatic carbocycles. The van der Waals surface area contributed by atoms with Gasteiger partial charge in [-0.25, -0.2) is 4.68 Å². The van der Waals surface area contributed by atoms with Crippen LogP contribution in [0.4, 0.5) is 13.2 Å². The van der Waals surface area contributed by atoms with Crippen LogP contribution in [0.1, 0.15) is 40.1 Å². The normalized spacial score (nSPS) is 12.6. The van der Waals surface area contributed by atoms with Crippen LogP contribution in [0.3, 0.4) is 0 Å². The van der Waals surface area contributed by atoms with E-state index in [0.29, 0.717) is 5.56 Å². The number of nitrogens with one attached hydrogen (secondary N) is 1. The lowest BCUT2D eigenvalue weighted by Crippen LogP contribution is -2.27. The van der Waals surface area contributed by atoms with Crippen LogP contribution in [0.5, 0.6) is 0 Å². The van der Waals surface area contributed by atoms with Gasteiger partial charge in [-0.2, -0.15) is 13.2 Å². The van der Waals surface area contributed by atoms with Crippen molar-refractivity contribution in [3.8, 4) is 0 Å². The first-order valence-corrected chi connectivity index (χ1v) is 9.66. The van der Waals surface area contributed by atoms with Gasteiger partial charge >= 0.3 is 6.18 Å². The summed E-state index contributed by atoms with van der Waals surface area (Å²) in [7, 11) is 0. The fourth-order valence-corrected chi connectivity index (χ4v) is 3.49. The highest BCUT2D eigenvalue weighted by atomic mass is 19.4. The van der Waals surface area contributed by atoms with E-state index in [-0.39, 0.29) is 18.3 Å². The van der Waals surface area contributed by atoms with Gasteiger partial charge in [0.2, 0.25) is 0 Å². The van der Waals surface area contributed by atoms with Crippen LogP contribution in [-0.4, -0.2) is 20.9 Å². The van der Waals surface area contributed by atoms with Crippen LogP contribution in [0.15, 0.2) is 72.9 Å². The Balaban J connectivity index is 1.47. The quantitative estimate of drug-likeness (QED) is 0.491. The minimum absolute atomic E-state index is 0.0725. The van der Waals surface area contributed by atoms with Gasteiger partial charge in [-0.1, -0.05) is 59.8 Å². The monoisotopic (exact) mass is 424 g/mol. The number of amides is 1. The first-order chi connectivity index (χ1) is 14.8. The van der Waals surface area contributed by atoms with Gasteiger partial charge < -0.3 is 5.32 Å². The molecule has 0 aliphatic rings. The summed E-state index contributed by atoms with van der Waals surface area (Å²) in [6.07, 6.45) is -2.99. The van der Waals surface area contributed by atoms with Gasteiger partial charge in [0.25, 0.3) is 5.91 Å². The maximum Gasteiger partial charge on any atom is 0.416 e. The molecule has 31 heavy (non-hydrogen) atoms. The lowest BCUT2D eigenvalue weighted by molar-refractivity contribution is -0.137. The molecule has 1 N–H and O–H groups in total. The molecule has 158 valence electrons. The highest BCUT2D eigenvalue weighted by Gasteiger charge is 2.30. The van der Waals surface area contributed by atoms with Gasteiger partial charge in [-0.3, -0.25) is 4.79 Å². The van der Waals surface area contributed by atoms with E-state index in [2.05, 4.69) is 15.6 Å². The number of benzene rings is 3. The zero-order chi connectivity index (χ0) is 22.0. The van der Waals surface area contributed by atoms with Crippen molar-refractivity contribution in [2.45, 2.75) is 25.7 Å². The Morgan fingerprint density at radius 3 is 2.61 bits per heavy atom. The number of nitrogens with zero attached hydrogens (tertiary/aromatic N) is 3. The number of hydrogen-bond acceptors (Lipinski definition) is 3. The molecule has 0 bridgehead atoms. The molecule has 5 nitrogen and oxygen atoms in total. The van der Waals surface area contributed by atoms with E-state index < -0.39 is 17.6 Å². The van der Waals surface area contributed by atoms with Gasteiger partial charge in [0.1, 0.15) is 0 Å². The van der Waals surface area contributed by atoms with Gasteiger partial charge in [0.15, 0.2) is 5.69 Å². The smallest absolute Gasteiger partial charge is 0.344 e. The molecule has 0 spiro atoms. The SMILES string of the molecule is C[C@H](NC(=O)c1cn(Cc2cccc(C(F)(F)F)c2)nn1)c1cccc2ccccc12. The molecular formula is C23H19F3N4O. The minimum Gasteiger partial charge on any atom is -0.344 e. The van der Waals surface area contributed by atoms with Gasteiger partial charge in [-0.05, 0) is 41.0 Å². The maximum atomic E-state index is 12.9. The molecule has 4 rings (SSSR count). The molecule has 1 amide bonds. The number of halogens is 3. The molecule has 0 fully saturated rings. The number of hydrogen-bond donors (Lipinski definition) is 1. The highest BCUT2D eigenvalue weighted by Crippen LogP contribution is 2.29. The van der Waals surface area contributed by atoms with Crippen molar-refractivity contribution in [3.63, 3.8) is 0 Å². The van der Waals surface area contributed by atoms with Crippen molar-refractivity contribution in [1.82, 2.24) is 20.3 Å². The molecule has 0 aliphatic heterocycles. The average Bonchev–Trinajstić information content (AvgIpc) is 3.21. The van der Waals surface area contributed by atoms with Gasteiger partial charge in [0.05, 0.1) is 24.3 Å². The first kappa shape index (κ1) is 20.6. The molecule has 0 radical (unpaired) electrons. The molecule has 0 saturated heterocycles. The molecule has 4 aromatic rings. The van der Waals surface area contributed by atoms with E-state index in [4.69, 9.17) is 0 Å². The Labute approximate surface area is 176 Å². The maximum absolute atomic E-state index is 12.9. The summed E-state index contributed by atoms with van der Waals surface area (Å²) in [4.78, 5) is 12.6. The topological polar surface area (TPSA) is 59.8 Å². The van der Waals surface area contributed by atoms with Crippen molar-refractivity contribution in [3.05, 3.63) is 95.3 Å². The zero-order valence-electron chi connectivity index (χ0n) is 16.6. The summed E-state index contributed by atoms with van der Waals surface area (Å²) in [5.41, 5.74) is 0.754. The lowest BCUT2D eigenvalue weighted by atomic mass is 9.99. The summed E-state index contributed by atoms with van der Waals surface area (Å²) in [6, 6.07) is 18.5. The predicted octanol–water partition coefficient (Wildman–Crippen LogP) is 4.99. The zero-order valence-corrected chi connectivity index (χ0v) is 16.6. The van der Waals surface area contributed by atoms with E-state index in [1.54, 1.807) is 6.07 Å². The Morgan fingerprint density at radius 1 is 1.06 bits per heavy atom. The summed E-state index contributed by atoms with van der Waals surface area (Å²) < 4.78 is 40.0. The first-order valence-electron chi connectivity index (χ1n) is 9.66. The fraction of sp³-hybridized carbons (Fsp3) is 0.174. The van der Waals surface area contributed by atoms with Crippen molar-refractivity contribution in [2.24, 2.45) is 0 Å². The van der Waals surface area contributed by atoms with E-state index in [9.17, 15) is 18.0 Å². The standard InChI is InChI=1S/C23H19F3N4O/c1-15(19-11-5-8-17-7-2-3-10-20(17)19)27-22(31)21-14-30(29-28-21)13-16-6-4-9-18(12-16)23(24,25)26/h2-12,14-15H,13H2,1H3,(H,27,31)/t15-/m0/s1. The molecule has 1 aromatic heterocycles. The second-order valence-electron chi connectivity index (χ2n) is 7.26. The van der Waals surface area contributed by atoms with Crippen molar-refractivity contribution < 1.29 is 18.0 Å². The van der Waals surface area contributed by atoms with Crippen LogP contribution in [-0.2, 0) is 12.7 Å². The summed E-state index contributed by atoms with van der Waals surface area (Å²) in [6.45, 7) is 1.95. The Kier molecular flexibility index (Phi) is 5.46. The van der Waals surface area contributed by atoms with Crippen molar-refractivity contribution >= 4 is 16.7 Å². The lowest BCUT2D eigenvalue weighted by Gasteiger charge is -2.15. The Bertz CT molecular complexity index is 1230. The number of fused-ring (bicyclic) bond motifs is 1. The summed E-state index contributed by atoms with van der Waals surface area (Å²) in [5.74, 6) is -0.407. The summed E-state index contributed by atoms with van der Waals surface area (Å²) >= 11 is 0. The predicted molar refractivity (Wildman–Crippen MR) is 110 cm³/mol. The molecular weight excluding hydrogens is 405 g/mol. The largest absolute Gasteiger partial charge is 0.416 e. The second-order valence-corrected chi connectivity index (χ2v) is 7.26. The highest BCUT2D eigenvalue weighted by molar-refractivity contribution is 5.93. The number of carbonyl (C=O) groups excluding carboxylic acids is 1. The molecule has 1 heterocycles.